The van der Waals surface area contributed by atoms with Crippen molar-refractivity contribution in [2.45, 2.75) is 19.8 Å². The Bertz CT molecular complexity index is 749. The van der Waals surface area contributed by atoms with Gasteiger partial charge in [0.15, 0.2) is 0 Å². The number of aromatic nitrogens is 2. The maximum Gasteiger partial charge on any atom is 0.227 e. The average molecular weight is 279 g/mol. The Morgan fingerprint density at radius 2 is 1.90 bits per heavy atom. The number of nitrogen functional groups attached to an aromatic ring is 1. The lowest BCUT2D eigenvalue weighted by atomic mass is 10.1. The molecule has 4 nitrogen and oxygen atoms in total. The van der Waals surface area contributed by atoms with E-state index in [0.29, 0.717) is 18.1 Å². The molecule has 4 heteroatoms. The van der Waals surface area contributed by atoms with Gasteiger partial charge in [-0.15, -0.1) is 0 Å². The first-order valence-corrected chi connectivity index (χ1v) is 6.95. The van der Waals surface area contributed by atoms with Crippen molar-refractivity contribution >= 4 is 5.69 Å². The zero-order valence-electron chi connectivity index (χ0n) is 11.9. The van der Waals surface area contributed by atoms with Crippen molar-refractivity contribution in [2.24, 2.45) is 0 Å². The molecular weight excluding hydrogens is 262 g/mol. The lowest BCUT2D eigenvalue weighted by molar-refractivity contribution is 0.379. The Kier molecular flexibility index (Phi) is 3.69. The third-order valence-electron chi connectivity index (χ3n) is 3.32. The Morgan fingerprint density at radius 3 is 2.71 bits per heavy atom. The first-order chi connectivity index (χ1) is 10.2. The van der Waals surface area contributed by atoms with Gasteiger partial charge < -0.3 is 10.3 Å². The molecule has 0 aliphatic heterocycles. The standard InChI is InChI=1S/C17H17N3O/c1-12-4-2-6-14(10-12)17-19-16(21-20-17)9-8-13-5-3-7-15(18)11-13/h2-7,10-11H,8-9,18H2,1H3. The number of rotatable bonds is 4. The molecule has 0 unspecified atom stereocenters. The Balaban J connectivity index is 1.71. The van der Waals surface area contributed by atoms with Gasteiger partial charge in [0.1, 0.15) is 0 Å². The SMILES string of the molecule is Cc1cccc(-c2noc(CCc3cccc(N)c3)n2)c1. The summed E-state index contributed by atoms with van der Waals surface area (Å²) in [5, 5.41) is 4.05. The lowest BCUT2D eigenvalue weighted by Gasteiger charge is -1.99. The van der Waals surface area contributed by atoms with Crippen molar-refractivity contribution in [3.63, 3.8) is 0 Å². The molecule has 0 saturated carbocycles. The van der Waals surface area contributed by atoms with Crippen LogP contribution >= 0.6 is 0 Å². The summed E-state index contributed by atoms with van der Waals surface area (Å²) in [6, 6.07) is 15.9. The van der Waals surface area contributed by atoms with Crippen molar-refractivity contribution in [3.05, 3.63) is 65.5 Å². The van der Waals surface area contributed by atoms with Gasteiger partial charge in [0, 0.05) is 17.7 Å². The second-order valence-electron chi connectivity index (χ2n) is 5.13. The van der Waals surface area contributed by atoms with Gasteiger partial charge in [-0.3, -0.25) is 0 Å². The van der Waals surface area contributed by atoms with Crippen LogP contribution in [0, 0.1) is 6.92 Å². The maximum absolute atomic E-state index is 5.77. The minimum Gasteiger partial charge on any atom is -0.399 e. The van der Waals surface area contributed by atoms with E-state index >= 15 is 0 Å². The molecule has 1 heterocycles. The number of nitrogens with two attached hydrogens (primary N) is 1. The molecule has 0 radical (unpaired) electrons. The largest absolute Gasteiger partial charge is 0.399 e. The minimum atomic E-state index is 0.640. The summed E-state index contributed by atoms with van der Waals surface area (Å²) in [6.07, 6.45) is 1.54. The smallest absolute Gasteiger partial charge is 0.227 e. The summed E-state index contributed by atoms with van der Waals surface area (Å²) in [5.74, 6) is 1.29. The summed E-state index contributed by atoms with van der Waals surface area (Å²) in [7, 11) is 0. The summed E-state index contributed by atoms with van der Waals surface area (Å²) < 4.78 is 5.32. The highest BCUT2D eigenvalue weighted by Crippen LogP contribution is 2.18. The van der Waals surface area contributed by atoms with Crippen LogP contribution < -0.4 is 5.73 Å². The summed E-state index contributed by atoms with van der Waals surface area (Å²) in [4.78, 5) is 4.45. The van der Waals surface area contributed by atoms with Crippen LogP contribution in [0.25, 0.3) is 11.4 Å². The highest BCUT2D eigenvalue weighted by molar-refractivity contribution is 5.55. The van der Waals surface area contributed by atoms with Crippen LogP contribution in [-0.2, 0) is 12.8 Å². The highest BCUT2D eigenvalue weighted by Gasteiger charge is 2.08. The molecule has 0 saturated heterocycles. The third-order valence-corrected chi connectivity index (χ3v) is 3.32. The van der Waals surface area contributed by atoms with Gasteiger partial charge in [-0.2, -0.15) is 4.98 Å². The molecule has 0 aliphatic carbocycles. The normalized spacial score (nSPS) is 10.7. The van der Waals surface area contributed by atoms with E-state index < -0.39 is 0 Å². The Hall–Kier alpha value is -2.62. The quantitative estimate of drug-likeness (QED) is 0.743. The predicted molar refractivity (Wildman–Crippen MR) is 82.7 cm³/mol. The van der Waals surface area contributed by atoms with Gasteiger partial charge in [0.2, 0.25) is 11.7 Å². The zero-order valence-corrected chi connectivity index (χ0v) is 11.9. The van der Waals surface area contributed by atoms with Crippen LogP contribution in [0.3, 0.4) is 0 Å². The van der Waals surface area contributed by atoms with Gasteiger partial charge in [0.05, 0.1) is 0 Å². The molecule has 3 rings (SSSR count). The van der Waals surface area contributed by atoms with Gasteiger partial charge in [-0.05, 0) is 37.1 Å². The van der Waals surface area contributed by atoms with Crippen molar-refractivity contribution in [1.29, 1.82) is 0 Å². The van der Waals surface area contributed by atoms with E-state index in [-0.39, 0.29) is 0 Å². The second kappa shape index (κ2) is 5.79. The van der Waals surface area contributed by atoms with E-state index in [0.717, 1.165) is 17.7 Å². The van der Waals surface area contributed by atoms with Gasteiger partial charge in [0.25, 0.3) is 0 Å². The number of hydrogen-bond donors (Lipinski definition) is 1. The number of anilines is 1. The number of hydrogen-bond acceptors (Lipinski definition) is 4. The predicted octanol–water partition coefficient (Wildman–Crippen LogP) is 3.41. The van der Waals surface area contributed by atoms with Crippen LogP contribution in [0.15, 0.2) is 53.1 Å². The van der Waals surface area contributed by atoms with Gasteiger partial charge >= 0.3 is 0 Å². The molecule has 3 aromatic rings. The van der Waals surface area contributed by atoms with Crippen molar-refractivity contribution < 1.29 is 4.52 Å². The van der Waals surface area contributed by atoms with Gasteiger partial charge in [-0.1, -0.05) is 41.1 Å². The number of benzene rings is 2. The van der Waals surface area contributed by atoms with E-state index in [1.165, 1.54) is 11.1 Å². The molecule has 0 spiro atoms. The molecule has 2 N–H and O–H groups in total. The molecule has 0 atom stereocenters. The lowest BCUT2D eigenvalue weighted by Crippen LogP contribution is -1.93. The molecule has 0 fully saturated rings. The Labute approximate surface area is 123 Å². The summed E-state index contributed by atoms with van der Waals surface area (Å²) in [6.45, 7) is 2.05. The molecule has 1 aromatic heterocycles. The molecule has 0 amide bonds. The van der Waals surface area contributed by atoms with Crippen molar-refractivity contribution in [1.82, 2.24) is 10.1 Å². The monoisotopic (exact) mass is 279 g/mol. The maximum atomic E-state index is 5.77. The highest BCUT2D eigenvalue weighted by atomic mass is 16.5. The number of nitrogens with zero attached hydrogens (tertiary/aromatic N) is 2. The van der Waals surface area contributed by atoms with Crippen LogP contribution in [0.2, 0.25) is 0 Å². The van der Waals surface area contributed by atoms with Gasteiger partial charge in [-0.25, -0.2) is 0 Å². The van der Waals surface area contributed by atoms with Crippen molar-refractivity contribution in [3.8, 4) is 11.4 Å². The second-order valence-corrected chi connectivity index (χ2v) is 5.13. The molecule has 2 aromatic carbocycles. The van der Waals surface area contributed by atoms with Crippen molar-refractivity contribution in [2.75, 3.05) is 5.73 Å². The molecule has 0 aliphatic rings. The summed E-state index contributed by atoms with van der Waals surface area (Å²) >= 11 is 0. The molecule has 21 heavy (non-hydrogen) atoms. The Morgan fingerprint density at radius 1 is 1.05 bits per heavy atom. The molecule has 0 bridgehead atoms. The fourth-order valence-corrected chi connectivity index (χ4v) is 2.26. The molecular formula is C17H17N3O. The summed E-state index contributed by atoms with van der Waals surface area (Å²) in [5.41, 5.74) is 9.88. The van der Waals surface area contributed by atoms with Crippen LogP contribution in [-0.4, -0.2) is 10.1 Å². The fraction of sp³-hybridized carbons (Fsp3) is 0.176. The zero-order chi connectivity index (χ0) is 14.7. The van der Waals surface area contributed by atoms with E-state index in [1.807, 2.05) is 55.5 Å². The number of aryl methyl sites for hydroxylation is 3. The van der Waals surface area contributed by atoms with E-state index in [9.17, 15) is 0 Å². The first-order valence-electron chi connectivity index (χ1n) is 6.95. The topological polar surface area (TPSA) is 64.9 Å². The first kappa shape index (κ1) is 13.4. The van der Waals surface area contributed by atoms with Crippen LogP contribution in [0.1, 0.15) is 17.0 Å². The van der Waals surface area contributed by atoms with E-state index in [4.69, 9.17) is 10.3 Å². The molecule has 106 valence electrons. The van der Waals surface area contributed by atoms with E-state index in [1.54, 1.807) is 0 Å². The third kappa shape index (κ3) is 3.28. The minimum absolute atomic E-state index is 0.640. The van der Waals surface area contributed by atoms with E-state index in [2.05, 4.69) is 10.1 Å². The fourth-order valence-electron chi connectivity index (χ4n) is 2.26. The van der Waals surface area contributed by atoms with Crippen LogP contribution in [0.4, 0.5) is 5.69 Å². The average Bonchev–Trinajstić information content (AvgIpc) is 2.94. The van der Waals surface area contributed by atoms with Crippen LogP contribution in [0.5, 0.6) is 0 Å².